The Morgan fingerprint density at radius 1 is 1.43 bits per heavy atom. The average Bonchev–Trinajstić information content (AvgIpc) is 2.09. The van der Waals surface area contributed by atoms with E-state index in [0.717, 1.165) is 0 Å². The van der Waals surface area contributed by atoms with Gasteiger partial charge in [-0.05, 0) is 22.0 Å². The second-order valence-electron chi connectivity index (χ2n) is 2.51. The van der Waals surface area contributed by atoms with Crippen LogP contribution in [-0.2, 0) is 0 Å². The lowest BCUT2D eigenvalue weighted by Crippen LogP contribution is -2.19. The van der Waals surface area contributed by atoms with Crippen LogP contribution in [-0.4, -0.2) is 12.4 Å². The normalized spacial score (nSPS) is 9.93. The van der Waals surface area contributed by atoms with E-state index >= 15 is 0 Å². The predicted octanol–water partition coefficient (Wildman–Crippen LogP) is 3.07. The van der Waals surface area contributed by atoms with Crippen LogP contribution < -0.4 is 10.5 Å². The van der Waals surface area contributed by atoms with Crippen molar-refractivity contribution in [1.82, 2.24) is 0 Å². The highest BCUT2D eigenvalue weighted by molar-refractivity contribution is 9.10. The van der Waals surface area contributed by atoms with Crippen LogP contribution in [0.2, 0.25) is 10.0 Å². The minimum atomic E-state index is -0.0693. The fourth-order valence-electron chi connectivity index (χ4n) is 0.770. The van der Waals surface area contributed by atoms with Gasteiger partial charge in [0.15, 0.2) is 0 Å². The van der Waals surface area contributed by atoms with Gasteiger partial charge in [0, 0.05) is 10.5 Å². The summed E-state index contributed by atoms with van der Waals surface area (Å²) in [5.74, 6) is 0.343. The first-order valence-corrected chi connectivity index (χ1v) is 5.16. The van der Waals surface area contributed by atoms with Crippen LogP contribution in [0.3, 0.4) is 0 Å². The Labute approximate surface area is 99.8 Å². The summed E-state index contributed by atoms with van der Waals surface area (Å²) in [5, 5.41) is 7.89. The molecule has 0 unspecified atom stereocenters. The Balaban J connectivity index is 2.87. The van der Waals surface area contributed by atoms with E-state index in [9.17, 15) is 0 Å². The summed E-state index contributed by atoms with van der Waals surface area (Å²) < 4.78 is 5.84. The van der Waals surface area contributed by atoms with E-state index < -0.39 is 0 Å². The van der Waals surface area contributed by atoms with Crippen molar-refractivity contribution in [2.45, 2.75) is 0 Å². The molecule has 0 aliphatic heterocycles. The molecule has 0 atom stereocenters. The van der Waals surface area contributed by atoms with Gasteiger partial charge in [-0.2, -0.15) is 0 Å². The van der Waals surface area contributed by atoms with Crippen molar-refractivity contribution in [2.75, 3.05) is 6.61 Å². The fourth-order valence-corrected chi connectivity index (χ4v) is 1.62. The number of hydrogen-bond acceptors (Lipinski definition) is 2. The summed E-state index contributed by atoms with van der Waals surface area (Å²) in [6.07, 6.45) is 0. The molecule has 0 aliphatic rings. The highest BCUT2D eigenvalue weighted by Gasteiger charge is 2.06. The van der Waals surface area contributed by atoms with E-state index in [0.29, 0.717) is 20.3 Å². The van der Waals surface area contributed by atoms with Crippen LogP contribution in [0.25, 0.3) is 0 Å². The second kappa shape index (κ2) is 4.87. The first-order chi connectivity index (χ1) is 6.50. The van der Waals surface area contributed by atoms with Crippen molar-refractivity contribution in [1.29, 1.82) is 5.41 Å². The summed E-state index contributed by atoms with van der Waals surface area (Å²) in [7, 11) is 0. The first kappa shape index (κ1) is 11.6. The molecule has 3 N–H and O–H groups in total. The smallest absolute Gasteiger partial charge is 0.145 e. The Morgan fingerprint density at radius 2 is 2.07 bits per heavy atom. The van der Waals surface area contributed by atoms with Crippen LogP contribution >= 0.6 is 39.1 Å². The molecule has 0 fully saturated rings. The van der Waals surface area contributed by atoms with Crippen molar-refractivity contribution in [3.05, 3.63) is 26.7 Å². The third-order valence-corrected chi connectivity index (χ3v) is 2.85. The van der Waals surface area contributed by atoms with Crippen molar-refractivity contribution >= 4 is 45.0 Å². The first-order valence-electron chi connectivity index (χ1n) is 3.61. The highest BCUT2D eigenvalue weighted by Crippen LogP contribution is 2.33. The summed E-state index contributed by atoms with van der Waals surface area (Å²) >= 11 is 14.9. The Bertz CT molecular complexity index is 371. The zero-order chi connectivity index (χ0) is 10.7. The molecule has 0 aliphatic carbocycles. The lowest BCUT2D eigenvalue weighted by atomic mass is 10.3. The average molecular weight is 298 g/mol. The molecule has 0 saturated carbocycles. The van der Waals surface area contributed by atoms with E-state index in [2.05, 4.69) is 15.9 Å². The molecule has 0 heterocycles. The van der Waals surface area contributed by atoms with Crippen LogP contribution in [0, 0.1) is 5.41 Å². The monoisotopic (exact) mass is 296 g/mol. The van der Waals surface area contributed by atoms with Crippen LogP contribution in [0.5, 0.6) is 5.75 Å². The number of amidine groups is 1. The third kappa shape index (κ3) is 3.04. The van der Waals surface area contributed by atoms with Gasteiger partial charge < -0.3 is 10.5 Å². The SMILES string of the molecule is N=C(N)COc1cc(Cl)c(Br)cc1Cl. The van der Waals surface area contributed by atoms with E-state index in [4.69, 9.17) is 39.1 Å². The molecule has 1 aromatic carbocycles. The number of benzene rings is 1. The van der Waals surface area contributed by atoms with Crippen molar-refractivity contribution in [3.63, 3.8) is 0 Å². The number of nitrogens with two attached hydrogens (primary N) is 1. The molecular weight excluding hydrogens is 291 g/mol. The molecule has 0 spiro atoms. The topological polar surface area (TPSA) is 59.1 Å². The molecule has 1 rings (SSSR count). The maximum Gasteiger partial charge on any atom is 0.145 e. The summed E-state index contributed by atoms with van der Waals surface area (Å²) in [4.78, 5) is 0. The van der Waals surface area contributed by atoms with E-state index in [1.54, 1.807) is 12.1 Å². The number of hydrogen-bond donors (Lipinski definition) is 2. The molecule has 0 radical (unpaired) electrons. The van der Waals surface area contributed by atoms with Gasteiger partial charge in [-0.15, -0.1) is 0 Å². The van der Waals surface area contributed by atoms with Crippen molar-refractivity contribution < 1.29 is 4.74 Å². The van der Waals surface area contributed by atoms with Crippen LogP contribution in [0.4, 0.5) is 0 Å². The van der Waals surface area contributed by atoms with Gasteiger partial charge in [0.25, 0.3) is 0 Å². The molecule has 76 valence electrons. The van der Waals surface area contributed by atoms with Gasteiger partial charge in [0.1, 0.15) is 18.2 Å². The highest BCUT2D eigenvalue weighted by atomic mass is 79.9. The van der Waals surface area contributed by atoms with Gasteiger partial charge in [-0.25, -0.2) is 0 Å². The number of halogens is 3. The van der Waals surface area contributed by atoms with Gasteiger partial charge >= 0.3 is 0 Å². The quantitative estimate of drug-likeness (QED) is 0.512. The molecule has 0 aromatic heterocycles. The maximum atomic E-state index is 6.98. The molecular formula is C8H7BrCl2N2O. The Hall–Kier alpha value is -0.450. The summed E-state index contributed by atoms with van der Waals surface area (Å²) in [6, 6.07) is 3.19. The predicted molar refractivity (Wildman–Crippen MR) is 61.6 cm³/mol. The van der Waals surface area contributed by atoms with Crippen LogP contribution in [0.15, 0.2) is 16.6 Å². The molecule has 14 heavy (non-hydrogen) atoms. The minimum Gasteiger partial charge on any atom is -0.484 e. The Morgan fingerprint density at radius 3 is 2.64 bits per heavy atom. The fraction of sp³-hybridized carbons (Fsp3) is 0.125. The summed E-state index contributed by atoms with van der Waals surface area (Å²) in [6.45, 7) is -0.00230. The van der Waals surface area contributed by atoms with E-state index in [1.165, 1.54) is 0 Å². The third-order valence-electron chi connectivity index (χ3n) is 1.36. The number of rotatable bonds is 3. The molecule has 0 amide bonds. The number of ether oxygens (including phenoxy) is 1. The Kier molecular flexibility index (Phi) is 4.04. The lowest BCUT2D eigenvalue weighted by Gasteiger charge is -2.08. The maximum absolute atomic E-state index is 6.98. The molecule has 6 heteroatoms. The van der Waals surface area contributed by atoms with Crippen LogP contribution in [0.1, 0.15) is 0 Å². The molecule has 0 bridgehead atoms. The molecule has 3 nitrogen and oxygen atoms in total. The van der Waals surface area contributed by atoms with E-state index in [1.807, 2.05) is 0 Å². The van der Waals surface area contributed by atoms with Gasteiger partial charge in [-0.1, -0.05) is 23.2 Å². The van der Waals surface area contributed by atoms with Crippen molar-refractivity contribution in [2.24, 2.45) is 5.73 Å². The second-order valence-corrected chi connectivity index (χ2v) is 4.18. The van der Waals surface area contributed by atoms with Gasteiger partial charge in [0.05, 0.1) is 10.0 Å². The molecule has 0 saturated heterocycles. The lowest BCUT2D eigenvalue weighted by molar-refractivity contribution is 0.374. The zero-order valence-corrected chi connectivity index (χ0v) is 10.1. The minimum absolute atomic E-state index is 0.00230. The van der Waals surface area contributed by atoms with E-state index in [-0.39, 0.29) is 12.4 Å². The standard InChI is InChI=1S/C8H7BrCl2N2O/c9-4-1-6(11)7(2-5(4)10)14-3-8(12)13/h1-2H,3H2,(H3,12,13). The number of nitrogens with one attached hydrogen (secondary N) is 1. The largest absolute Gasteiger partial charge is 0.484 e. The van der Waals surface area contributed by atoms with Crippen molar-refractivity contribution in [3.8, 4) is 5.75 Å². The van der Waals surface area contributed by atoms with Gasteiger partial charge in [-0.3, -0.25) is 5.41 Å². The summed E-state index contributed by atoms with van der Waals surface area (Å²) in [5.41, 5.74) is 5.13. The zero-order valence-electron chi connectivity index (χ0n) is 6.98. The van der Waals surface area contributed by atoms with Gasteiger partial charge in [0.2, 0.25) is 0 Å². The molecule has 1 aromatic rings.